The van der Waals surface area contributed by atoms with Gasteiger partial charge in [-0.15, -0.1) is 11.3 Å². The summed E-state index contributed by atoms with van der Waals surface area (Å²) >= 11 is 1.32. The highest BCUT2D eigenvalue weighted by molar-refractivity contribution is 7.12. The third kappa shape index (κ3) is 5.48. The minimum absolute atomic E-state index is 0.0194. The Morgan fingerprint density at radius 3 is 2.55 bits per heavy atom. The van der Waals surface area contributed by atoms with Crippen LogP contribution in [-0.4, -0.2) is 47.4 Å². The Labute approximate surface area is 134 Å². The van der Waals surface area contributed by atoms with Crippen LogP contribution in [0.3, 0.4) is 0 Å². The summed E-state index contributed by atoms with van der Waals surface area (Å²) in [6, 6.07) is 2.87. The summed E-state index contributed by atoms with van der Waals surface area (Å²) in [4.78, 5) is 37.1. The number of amides is 2. The lowest BCUT2D eigenvalue weighted by Gasteiger charge is -2.26. The number of thiophene rings is 1. The molecule has 0 aromatic carbocycles. The topological polar surface area (TPSA) is 86.7 Å². The van der Waals surface area contributed by atoms with Gasteiger partial charge in [-0.1, -0.05) is 19.9 Å². The molecule has 22 heavy (non-hydrogen) atoms. The zero-order valence-electron chi connectivity index (χ0n) is 13.0. The molecular formula is C15H22N2O4S. The Bertz CT molecular complexity index is 514. The minimum Gasteiger partial charge on any atom is -0.481 e. The summed E-state index contributed by atoms with van der Waals surface area (Å²) in [5.41, 5.74) is 0. The molecule has 1 aromatic rings. The molecule has 0 spiro atoms. The zero-order chi connectivity index (χ0) is 16.7. The van der Waals surface area contributed by atoms with Gasteiger partial charge in [0.05, 0.1) is 4.88 Å². The highest BCUT2D eigenvalue weighted by Crippen LogP contribution is 2.11. The summed E-state index contributed by atoms with van der Waals surface area (Å²) in [5, 5.41) is 13.2. The maximum Gasteiger partial charge on any atom is 0.303 e. The van der Waals surface area contributed by atoms with Crippen molar-refractivity contribution in [1.82, 2.24) is 10.2 Å². The number of carbonyl (C=O) groups excluding carboxylic acids is 2. The van der Waals surface area contributed by atoms with Crippen LogP contribution in [0.25, 0.3) is 0 Å². The number of carboxylic acid groups (broad SMARTS) is 1. The smallest absolute Gasteiger partial charge is 0.303 e. The molecule has 0 saturated heterocycles. The molecule has 7 heteroatoms. The third-order valence-electron chi connectivity index (χ3n) is 3.22. The van der Waals surface area contributed by atoms with Crippen molar-refractivity contribution in [2.24, 2.45) is 5.92 Å². The highest BCUT2D eigenvalue weighted by atomic mass is 32.1. The van der Waals surface area contributed by atoms with Gasteiger partial charge in [0.25, 0.3) is 5.91 Å². The van der Waals surface area contributed by atoms with E-state index in [1.807, 2.05) is 13.8 Å². The second-order valence-corrected chi connectivity index (χ2v) is 6.38. The predicted molar refractivity (Wildman–Crippen MR) is 84.9 cm³/mol. The van der Waals surface area contributed by atoms with E-state index in [4.69, 9.17) is 5.11 Å². The molecule has 1 atom stereocenters. The third-order valence-corrected chi connectivity index (χ3v) is 4.09. The Morgan fingerprint density at radius 1 is 1.36 bits per heavy atom. The molecule has 0 aliphatic rings. The summed E-state index contributed by atoms with van der Waals surface area (Å²) in [6.07, 6.45) is 0.410. The summed E-state index contributed by atoms with van der Waals surface area (Å²) in [6.45, 7) is 4.08. The van der Waals surface area contributed by atoms with Gasteiger partial charge in [-0.25, -0.2) is 0 Å². The van der Waals surface area contributed by atoms with Crippen molar-refractivity contribution in [1.29, 1.82) is 0 Å². The van der Waals surface area contributed by atoms with Gasteiger partial charge in [-0.2, -0.15) is 0 Å². The van der Waals surface area contributed by atoms with Crippen LogP contribution in [0.15, 0.2) is 17.5 Å². The van der Waals surface area contributed by atoms with Crippen LogP contribution in [-0.2, 0) is 9.59 Å². The van der Waals surface area contributed by atoms with Gasteiger partial charge < -0.3 is 15.3 Å². The van der Waals surface area contributed by atoms with E-state index < -0.39 is 12.0 Å². The lowest BCUT2D eigenvalue weighted by Crippen LogP contribution is -2.50. The first-order chi connectivity index (χ1) is 10.3. The molecule has 0 radical (unpaired) electrons. The minimum atomic E-state index is -0.882. The highest BCUT2D eigenvalue weighted by Gasteiger charge is 2.27. The average molecular weight is 326 g/mol. The normalized spacial score (nSPS) is 12.0. The Kier molecular flexibility index (Phi) is 7.04. The summed E-state index contributed by atoms with van der Waals surface area (Å²) in [7, 11) is 1.62. The molecule has 2 amide bonds. The van der Waals surface area contributed by atoms with E-state index in [1.54, 1.807) is 24.6 Å². The second kappa shape index (κ2) is 8.53. The van der Waals surface area contributed by atoms with E-state index in [0.717, 1.165) is 0 Å². The average Bonchev–Trinajstić information content (AvgIpc) is 2.97. The quantitative estimate of drug-likeness (QED) is 0.763. The first kappa shape index (κ1) is 18.2. The van der Waals surface area contributed by atoms with Crippen LogP contribution in [0.1, 0.15) is 36.4 Å². The second-order valence-electron chi connectivity index (χ2n) is 5.43. The zero-order valence-corrected chi connectivity index (χ0v) is 13.9. The Hall–Kier alpha value is -1.89. The van der Waals surface area contributed by atoms with Crippen LogP contribution < -0.4 is 5.32 Å². The monoisotopic (exact) mass is 326 g/mol. The van der Waals surface area contributed by atoms with E-state index in [9.17, 15) is 14.4 Å². The number of hydrogen-bond acceptors (Lipinski definition) is 4. The standard InChI is InChI=1S/C15H22N2O4S/c1-10(2)13(16-14(20)11-6-5-9-22-11)15(21)17(3)8-4-7-12(18)19/h5-6,9-10,13H,4,7-8H2,1-3H3,(H,16,20)(H,18,19). The molecule has 122 valence electrons. The number of hydrogen-bond donors (Lipinski definition) is 2. The van der Waals surface area contributed by atoms with Gasteiger partial charge in [0, 0.05) is 20.0 Å². The van der Waals surface area contributed by atoms with Crippen LogP contribution in [0.2, 0.25) is 0 Å². The van der Waals surface area contributed by atoms with Crippen molar-refractivity contribution in [3.63, 3.8) is 0 Å². The number of carbonyl (C=O) groups is 3. The molecule has 2 N–H and O–H groups in total. The Balaban J connectivity index is 2.63. The number of nitrogens with one attached hydrogen (secondary N) is 1. The van der Waals surface area contributed by atoms with Crippen molar-refractivity contribution in [2.45, 2.75) is 32.7 Å². The van der Waals surface area contributed by atoms with E-state index in [-0.39, 0.29) is 24.2 Å². The molecule has 1 unspecified atom stereocenters. The van der Waals surface area contributed by atoms with Crippen LogP contribution in [0.5, 0.6) is 0 Å². The van der Waals surface area contributed by atoms with Gasteiger partial charge in [-0.3, -0.25) is 14.4 Å². The number of likely N-dealkylation sites (N-methyl/N-ethyl adjacent to an activating group) is 1. The molecule has 1 heterocycles. The summed E-state index contributed by atoms with van der Waals surface area (Å²) in [5.74, 6) is -1.41. The van der Waals surface area contributed by atoms with Crippen molar-refractivity contribution >= 4 is 29.1 Å². The van der Waals surface area contributed by atoms with Crippen molar-refractivity contribution < 1.29 is 19.5 Å². The fraction of sp³-hybridized carbons (Fsp3) is 0.533. The van der Waals surface area contributed by atoms with Gasteiger partial charge in [-0.05, 0) is 23.8 Å². The molecule has 1 aromatic heterocycles. The van der Waals surface area contributed by atoms with Gasteiger partial charge >= 0.3 is 5.97 Å². The lowest BCUT2D eigenvalue weighted by atomic mass is 10.0. The lowest BCUT2D eigenvalue weighted by molar-refractivity contribution is -0.138. The van der Waals surface area contributed by atoms with Gasteiger partial charge in [0.2, 0.25) is 5.91 Å². The van der Waals surface area contributed by atoms with Crippen LogP contribution in [0, 0.1) is 5.92 Å². The van der Waals surface area contributed by atoms with Gasteiger partial charge in [0.1, 0.15) is 6.04 Å². The van der Waals surface area contributed by atoms with Crippen molar-refractivity contribution in [2.75, 3.05) is 13.6 Å². The molecule has 0 aliphatic heterocycles. The molecule has 0 aliphatic carbocycles. The number of nitrogens with zero attached hydrogens (tertiary/aromatic N) is 1. The number of aliphatic carboxylic acids is 1. The number of carboxylic acids is 1. The largest absolute Gasteiger partial charge is 0.481 e. The van der Waals surface area contributed by atoms with E-state index in [2.05, 4.69) is 5.32 Å². The van der Waals surface area contributed by atoms with E-state index in [1.165, 1.54) is 16.2 Å². The van der Waals surface area contributed by atoms with Crippen LogP contribution >= 0.6 is 11.3 Å². The SMILES string of the molecule is CC(C)C(NC(=O)c1cccs1)C(=O)N(C)CCCC(=O)O. The van der Waals surface area contributed by atoms with Crippen molar-refractivity contribution in [3.05, 3.63) is 22.4 Å². The van der Waals surface area contributed by atoms with E-state index >= 15 is 0 Å². The molecule has 1 rings (SSSR count). The molecule has 0 bridgehead atoms. The predicted octanol–water partition coefficient (Wildman–Crippen LogP) is 1.83. The fourth-order valence-corrected chi connectivity index (χ4v) is 2.58. The molecular weight excluding hydrogens is 304 g/mol. The first-order valence-electron chi connectivity index (χ1n) is 7.14. The maximum absolute atomic E-state index is 12.4. The molecule has 0 fully saturated rings. The summed E-state index contributed by atoms with van der Waals surface area (Å²) < 4.78 is 0. The fourth-order valence-electron chi connectivity index (χ4n) is 1.95. The van der Waals surface area contributed by atoms with Gasteiger partial charge in [0.15, 0.2) is 0 Å². The number of rotatable bonds is 8. The first-order valence-corrected chi connectivity index (χ1v) is 8.02. The molecule has 0 saturated carbocycles. The van der Waals surface area contributed by atoms with Crippen LogP contribution in [0.4, 0.5) is 0 Å². The molecule has 6 nitrogen and oxygen atoms in total. The Morgan fingerprint density at radius 2 is 2.05 bits per heavy atom. The van der Waals surface area contributed by atoms with Crippen molar-refractivity contribution in [3.8, 4) is 0 Å². The maximum atomic E-state index is 12.4. The van der Waals surface area contributed by atoms with E-state index in [0.29, 0.717) is 17.8 Å².